The highest BCUT2D eigenvalue weighted by Gasteiger charge is 2.32. The average Bonchev–Trinajstić information content (AvgIpc) is 2.73. The van der Waals surface area contributed by atoms with Gasteiger partial charge in [-0.15, -0.1) is 0 Å². The average molecular weight is 388 g/mol. The van der Waals surface area contributed by atoms with Gasteiger partial charge in [-0.25, -0.2) is 8.42 Å². The number of piperazine rings is 1. The molecule has 6 nitrogen and oxygen atoms in total. The van der Waals surface area contributed by atoms with Gasteiger partial charge < -0.3 is 10.2 Å². The van der Waals surface area contributed by atoms with Gasteiger partial charge in [-0.1, -0.05) is 36.8 Å². The lowest BCUT2D eigenvalue weighted by Gasteiger charge is -2.36. The Morgan fingerprint density at radius 2 is 1.70 bits per heavy atom. The van der Waals surface area contributed by atoms with Gasteiger partial charge in [0, 0.05) is 26.2 Å². The number of hydrogen-bond acceptors (Lipinski definition) is 4. The molecule has 27 heavy (non-hydrogen) atoms. The highest BCUT2D eigenvalue weighted by atomic mass is 32.2. The summed E-state index contributed by atoms with van der Waals surface area (Å²) in [5.41, 5.74) is 0. The molecule has 1 atom stereocenters. The van der Waals surface area contributed by atoms with Crippen LogP contribution in [-0.2, 0) is 14.8 Å². The number of rotatable bonds is 3. The molecule has 2 fully saturated rings. The van der Waals surface area contributed by atoms with Crippen molar-refractivity contribution in [1.29, 1.82) is 0 Å². The third kappa shape index (κ3) is 3.72. The molecule has 0 aromatic heterocycles. The third-order valence-corrected chi connectivity index (χ3v) is 7.41. The molecule has 0 radical (unpaired) electrons. The Morgan fingerprint density at radius 3 is 2.41 bits per heavy atom. The Labute approximate surface area is 160 Å². The zero-order chi connectivity index (χ0) is 18.9. The van der Waals surface area contributed by atoms with E-state index >= 15 is 0 Å². The van der Waals surface area contributed by atoms with E-state index in [1.807, 2.05) is 30.3 Å². The second kappa shape index (κ2) is 7.58. The summed E-state index contributed by atoms with van der Waals surface area (Å²) in [7, 11) is -3.55. The number of nitrogens with one attached hydrogen (secondary N) is 1. The fourth-order valence-corrected chi connectivity index (χ4v) is 5.37. The van der Waals surface area contributed by atoms with Crippen molar-refractivity contribution in [3.05, 3.63) is 42.5 Å². The zero-order valence-electron chi connectivity index (χ0n) is 15.3. The molecule has 1 unspecified atom stereocenters. The predicted octanol–water partition coefficient (Wildman–Crippen LogP) is 1.81. The Balaban J connectivity index is 1.45. The molecule has 2 aromatic carbocycles. The number of amides is 1. The maximum Gasteiger partial charge on any atom is 0.243 e. The van der Waals surface area contributed by atoms with Gasteiger partial charge in [0.2, 0.25) is 15.9 Å². The van der Waals surface area contributed by atoms with Gasteiger partial charge >= 0.3 is 0 Å². The minimum atomic E-state index is -3.55. The van der Waals surface area contributed by atoms with Crippen LogP contribution in [0.4, 0.5) is 0 Å². The smallest absolute Gasteiger partial charge is 0.243 e. The van der Waals surface area contributed by atoms with Crippen LogP contribution in [0.3, 0.4) is 0 Å². The summed E-state index contributed by atoms with van der Waals surface area (Å²) in [5.74, 6) is 0.109. The van der Waals surface area contributed by atoms with Crippen LogP contribution in [0.5, 0.6) is 0 Å². The van der Waals surface area contributed by atoms with Crippen molar-refractivity contribution in [2.75, 3.05) is 32.7 Å². The largest absolute Gasteiger partial charge is 0.339 e. The number of nitrogens with zero attached hydrogens (tertiary/aromatic N) is 2. The van der Waals surface area contributed by atoms with Gasteiger partial charge in [-0.05, 0) is 42.3 Å². The van der Waals surface area contributed by atoms with Crippen molar-refractivity contribution in [2.24, 2.45) is 0 Å². The predicted molar refractivity (Wildman–Crippen MR) is 105 cm³/mol. The maximum atomic E-state index is 13.0. The third-order valence-electron chi connectivity index (χ3n) is 5.52. The number of hydrogen-bond donors (Lipinski definition) is 1. The monoisotopic (exact) mass is 387 g/mol. The lowest BCUT2D eigenvalue weighted by Crippen LogP contribution is -2.55. The van der Waals surface area contributed by atoms with Crippen molar-refractivity contribution >= 4 is 26.7 Å². The summed E-state index contributed by atoms with van der Waals surface area (Å²) in [6.45, 7) is 2.46. The van der Waals surface area contributed by atoms with Crippen molar-refractivity contribution in [3.63, 3.8) is 0 Å². The molecular weight excluding hydrogens is 362 g/mol. The molecule has 2 aromatic rings. The topological polar surface area (TPSA) is 69.7 Å². The second-order valence-electron chi connectivity index (χ2n) is 7.24. The fourth-order valence-electron chi connectivity index (χ4n) is 3.91. The summed E-state index contributed by atoms with van der Waals surface area (Å²) >= 11 is 0. The maximum absolute atomic E-state index is 13.0. The number of piperidine rings is 1. The molecule has 2 saturated heterocycles. The van der Waals surface area contributed by atoms with Crippen LogP contribution in [0, 0.1) is 0 Å². The molecule has 0 saturated carbocycles. The molecule has 0 aliphatic carbocycles. The molecule has 0 spiro atoms. The van der Waals surface area contributed by atoms with Crippen molar-refractivity contribution < 1.29 is 13.2 Å². The van der Waals surface area contributed by atoms with Crippen molar-refractivity contribution in [2.45, 2.75) is 30.2 Å². The van der Waals surface area contributed by atoms with E-state index in [-0.39, 0.29) is 11.9 Å². The SMILES string of the molecule is O=C(C1CCCCN1)N1CCN(S(=O)(=O)c2ccc3ccccc3c2)CC1. The number of benzene rings is 2. The first kappa shape index (κ1) is 18.4. The highest BCUT2D eigenvalue weighted by Crippen LogP contribution is 2.23. The number of sulfonamides is 1. The quantitative estimate of drug-likeness (QED) is 0.872. The van der Waals surface area contributed by atoms with Crippen molar-refractivity contribution in [1.82, 2.24) is 14.5 Å². The zero-order valence-corrected chi connectivity index (χ0v) is 16.1. The van der Waals surface area contributed by atoms with E-state index in [9.17, 15) is 13.2 Å². The lowest BCUT2D eigenvalue weighted by molar-refractivity contribution is -0.135. The van der Waals surface area contributed by atoms with Crippen LogP contribution in [0.1, 0.15) is 19.3 Å². The summed E-state index contributed by atoms with van der Waals surface area (Å²) in [6, 6.07) is 12.9. The van der Waals surface area contributed by atoms with Gasteiger partial charge in [-0.3, -0.25) is 4.79 Å². The Kier molecular flexibility index (Phi) is 5.16. The van der Waals surface area contributed by atoms with E-state index in [4.69, 9.17) is 0 Å². The van der Waals surface area contributed by atoms with Gasteiger partial charge in [0.1, 0.15) is 0 Å². The van der Waals surface area contributed by atoms with E-state index in [2.05, 4.69) is 5.32 Å². The van der Waals surface area contributed by atoms with Crippen LogP contribution < -0.4 is 5.32 Å². The molecule has 0 bridgehead atoms. The minimum absolute atomic E-state index is 0.109. The summed E-state index contributed by atoms with van der Waals surface area (Å²) in [6.07, 6.45) is 3.05. The van der Waals surface area contributed by atoms with Gasteiger partial charge in [0.25, 0.3) is 0 Å². The molecule has 2 aliphatic rings. The normalized spacial score (nSPS) is 22.1. The summed E-state index contributed by atoms with van der Waals surface area (Å²) < 4.78 is 27.5. The van der Waals surface area contributed by atoms with E-state index < -0.39 is 10.0 Å². The van der Waals surface area contributed by atoms with E-state index in [0.717, 1.165) is 36.6 Å². The molecular formula is C20H25N3O3S. The molecule has 144 valence electrons. The van der Waals surface area contributed by atoms with Gasteiger partial charge in [0.05, 0.1) is 10.9 Å². The molecule has 1 N–H and O–H groups in total. The van der Waals surface area contributed by atoms with Crippen LogP contribution in [0.15, 0.2) is 47.4 Å². The Hall–Kier alpha value is -1.96. The summed E-state index contributed by atoms with van der Waals surface area (Å²) in [5, 5.41) is 5.21. The molecule has 4 rings (SSSR count). The fraction of sp³-hybridized carbons (Fsp3) is 0.450. The van der Waals surface area contributed by atoms with Gasteiger partial charge in [0.15, 0.2) is 0 Å². The van der Waals surface area contributed by atoms with Crippen LogP contribution in [0.25, 0.3) is 10.8 Å². The van der Waals surface area contributed by atoms with E-state index in [1.54, 1.807) is 17.0 Å². The molecule has 1 amide bonds. The number of fused-ring (bicyclic) bond motifs is 1. The minimum Gasteiger partial charge on any atom is -0.339 e. The molecule has 7 heteroatoms. The van der Waals surface area contributed by atoms with E-state index in [0.29, 0.717) is 31.1 Å². The standard InChI is InChI=1S/C20H25N3O3S/c24-20(19-7-3-4-10-21-19)22-11-13-23(14-12-22)27(25,26)18-9-8-16-5-1-2-6-17(16)15-18/h1-2,5-6,8-9,15,19,21H,3-4,7,10-14H2. The van der Waals surface area contributed by atoms with Gasteiger partial charge in [-0.2, -0.15) is 4.31 Å². The first-order chi connectivity index (χ1) is 13.1. The number of carbonyl (C=O) groups excluding carboxylic acids is 1. The first-order valence-corrected chi connectivity index (χ1v) is 11.0. The molecule has 2 heterocycles. The summed E-state index contributed by atoms with van der Waals surface area (Å²) in [4.78, 5) is 14.7. The van der Waals surface area contributed by atoms with Crippen LogP contribution >= 0.6 is 0 Å². The van der Waals surface area contributed by atoms with Crippen LogP contribution in [-0.4, -0.2) is 62.3 Å². The lowest BCUT2D eigenvalue weighted by atomic mass is 10.0. The Morgan fingerprint density at radius 1 is 0.963 bits per heavy atom. The van der Waals surface area contributed by atoms with Crippen molar-refractivity contribution in [3.8, 4) is 0 Å². The molecule has 2 aliphatic heterocycles. The first-order valence-electron chi connectivity index (χ1n) is 9.57. The van der Waals surface area contributed by atoms with Crippen LogP contribution in [0.2, 0.25) is 0 Å². The Bertz CT molecular complexity index is 930. The van der Waals surface area contributed by atoms with E-state index in [1.165, 1.54) is 4.31 Å². The highest BCUT2D eigenvalue weighted by molar-refractivity contribution is 7.89. The number of carbonyl (C=O) groups is 1. The second-order valence-corrected chi connectivity index (χ2v) is 9.18.